The van der Waals surface area contributed by atoms with Crippen LogP contribution in [0.15, 0.2) is 0 Å². The van der Waals surface area contributed by atoms with E-state index in [1.165, 1.54) is 6.92 Å². The molecule has 2 rings (SSSR count). The molecular weight excluding hydrogens is 241 g/mol. The SMILES string of the molecule is CCCC12OC(=O)C(=O)OC1(CC)[P+]2(F)F. The Morgan fingerprint density at radius 2 is 1.62 bits per heavy atom. The molecule has 0 aliphatic carbocycles. The Morgan fingerprint density at radius 1 is 1.12 bits per heavy atom. The second kappa shape index (κ2) is 3.13. The normalized spacial score (nSPS) is 39.8. The molecule has 2 aliphatic heterocycles. The van der Waals surface area contributed by atoms with Gasteiger partial charge in [0.25, 0.3) is 0 Å². The predicted molar refractivity (Wildman–Crippen MR) is 52.0 cm³/mol. The summed E-state index contributed by atoms with van der Waals surface area (Å²) in [4.78, 5) is 22.1. The summed E-state index contributed by atoms with van der Waals surface area (Å²) in [5.41, 5.74) is 0. The molecule has 90 valence electrons. The fraction of sp³-hybridized carbons (Fsp3) is 0.778. The zero-order chi connectivity index (χ0) is 12.2. The predicted octanol–water partition coefficient (Wildman–Crippen LogP) is 2.49. The molecule has 2 aliphatic rings. The number of rotatable bonds is 3. The molecule has 0 amide bonds. The first kappa shape index (κ1) is 11.7. The molecule has 0 aromatic heterocycles. The van der Waals surface area contributed by atoms with E-state index < -0.39 is 30.5 Å². The van der Waals surface area contributed by atoms with Gasteiger partial charge < -0.3 is 9.47 Å². The summed E-state index contributed by atoms with van der Waals surface area (Å²) in [5.74, 6) is -2.60. The van der Waals surface area contributed by atoms with Gasteiger partial charge in [0.1, 0.15) is 0 Å². The highest BCUT2D eigenvalue weighted by atomic mass is 31.2. The lowest BCUT2D eigenvalue weighted by Crippen LogP contribution is -2.43. The van der Waals surface area contributed by atoms with Gasteiger partial charge >= 0.3 is 30.5 Å². The molecule has 4 nitrogen and oxygen atoms in total. The highest BCUT2D eigenvalue weighted by Crippen LogP contribution is 3.02. The standard InChI is InChI=1S/C9H12F2O4P/c1-3-5-9-8(4-2,16(9,10)11)14-6(12)7(13)15-9/h3-5H2,1-2H3/q+1. The third-order valence-corrected chi connectivity index (χ3v) is 6.26. The number of ether oxygens (including phenoxy) is 2. The first-order valence-electron chi connectivity index (χ1n) is 5.13. The van der Waals surface area contributed by atoms with Crippen molar-refractivity contribution in [1.82, 2.24) is 0 Å². The van der Waals surface area contributed by atoms with Crippen LogP contribution in [0.4, 0.5) is 8.39 Å². The molecule has 2 heterocycles. The van der Waals surface area contributed by atoms with Gasteiger partial charge in [-0.05, 0) is 14.8 Å². The van der Waals surface area contributed by atoms with E-state index in [0.29, 0.717) is 6.42 Å². The van der Waals surface area contributed by atoms with Crippen LogP contribution in [0.1, 0.15) is 33.1 Å². The quantitative estimate of drug-likeness (QED) is 0.440. The minimum absolute atomic E-state index is 0.0210. The van der Waals surface area contributed by atoms with Gasteiger partial charge in [-0.2, -0.15) is 0 Å². The minimum Gasteiger partial charge on any atom is -0.402 e. The highest BCUT2D eigenvalue weighted by Gasteiger charge is 3.11. The number of hydrogen-bond donors (Lipinski definition) is 0. The zero-order valence-corrected chi connectivity index (χ0v) is 9.85. The van der Waals surface area contributed by atoms with Crippen LogP contribution in [0.3, 0.4) is 0 Å². The Bertz CT molecular complexity index is 373. The van der Waals surface area contributed by atoms with Crippen molar-refractivity contribution in [1.29, 1.82) is 0 Å². The van der Waals surface area contributed by atoms with E-state index in [0.717, 1.165) is 0 Å². The summed E-state index contributed by atoms with van der Waals surface area (Å²) in [6.07, 6.45) is 0.468. The summed E-state index contributed by atoms with van der Waals surface area (Å²) in [6.45, 7) is 3.23. The molecule has 7 heteroatoms. The Labute approximate surface area is 91.9 Å². The molecule has 0 bridgehead atoms. The number of carbonyl (C=O) groups excluding carboxylic acids is 2. The monoisotopic (exact) mass is 253 g/mol. The van der Waals surface area contributed by atoms with E-state index in [2.05, 4.69) is 4.74 Å². The summed E-state index contributed by atoms with van der Waals surface area (Å²) in [6, 6.07) is 0. The molecule has 0 aromatic carbocycles. The van der Waals surface area contributed by atoms with Crippen LogP contribution in [0, 0.1) is 0 Å². The number of carbonyl (C=O) groups is 2. The van der Waals surface area contributed by atoms with Gasteiger partial charge in [0, 0.05) is 12.8 Å². The van der Waals surface area contributed by atoms with Crippen molar-refractivity contribution >= 4 is 19.8 Å². The molecule has 0 spiro atoms. The molecular formula is C9H12F2O4P+. The molecule has 2 fully saturated rings. The van der Waals surface area contributed by atoms with E-state index in [1.807, 2.05) is 0 Å². The molecule has 0 aromatic rings. The maximum Gasteiger partial charge on any atom is 0.491 e. The van der Waals surface area contributed by atoms with Gasteiger partial charge in [-0.1, -0.05) is 13.8 Å². The van der Waals surface area contributed by atoms with Crippen molar-refractivity contribution in [2.24, 2.45) is 0 Å². The summed E-state index contributed by atoms with van der Waals surface area (Å²) < 4.78 is 37.2. The van der Waals surface area contributed by atoms with Gasteiger partial charge in [-0.25, -0.2) is 9.59 Å². The van der Waals surface area contributed by atoms with Gasteiger partial charge in [0.15, 0.2) is 0 Å². The Morgan fingerprint density at radius 3 is 2.06 bits per heavy atom. The topological polar surface area (TPSA) is 52.6 Å². The van der Waals surface area contributed by atoms with Crippen molar-refractivity contribution in [2.45, 2.75) is 43.8 Å². The van der Waals surface area contributed by atoms with Crippen molar-refractivity contribution < 1.29 is 27.5 Å². The van der Waals surface area contributed by atoms with Gasteiger partial charge in [0.05, 0.1) is 0 Å². The van der Waals surface area contributed by atoms with Crippen LogP contribution < -0.4 is 0 Å². The van der Waals surface area contributed by atoms with Crippen LogP contribution in [0.2, 0.25) is 0 Å². The second-order valence-corrected chi connectivity index (χ2v) is 6.44. The molecule has 2 saturated heterocycles. The first-order chi connectivity index (χ1) is 7.38. The Hall–Kier alpha value is -0.770. The lowest BCUT2D eigenvalue weighted by molar-refractivity contribution is -0.195. The summed E-state index contributed by atoms with van der Waals surface area (Å²) in [5, 5.41) is -3.66. The fourth-order valence-electron chi connectivity index (χ4n) is 2.43. The van der Waals surface area contributed by atoms with E-state index in [9.17, 15) is 18.0 Å². The van der Waals surface area contributed by atoms with E-state index in [4.69, 9.17) is 4.74 Å². The first-order valence-corrected chi connectivity index (χ1v) is 6.70. The number of halogens is 2. The summed E-state index contributed by atoms with van der Waals surface area (Å²) >= 11 is 0. The van der Waals surface area contributed by atoms with Crippen molar-refractivity contribution in [3.8, 4) is 0 Å². The molecule has 0 radical (unpaired) electrons. The zero-order valence-electron chi connectivity index (χ0n) is 8.96. The van der Waals surface area contributed by atoms with E-state index in [-0.39, 0.29) is 12.8 Å². The second-order valence-electron chi connectivity index (χ2n) is 3.97. The average Bonchev–Trinajstić information content (AvgIpc) is 2.61. The molecule has 16 heavy (non-hydrogen) atoms. The van der Waals surface area contributed by atoms with Gasteiger partial charge in [0.2, 0.25) is 0 Å². The van der Waals surface area contributed by atoms with Crippen LogP contribution in [-0.2, 0) is 19.1 Å². The van der Waals surface area contributed by atoms with Crippen molar-refractivity contribution in [2.75, 3.05) is 0 Å². The smallest absolute Gasteiger partial charge is 0.402 e. The fourth-order valence-corrected chi connectivity index (χ4v) is 5.29. The lowest BCUT2D eigenvalue weighted by atomic mass is 10.1. The Kier molecular flexibility index (Phi) is 2.29. The maximum atomic E-state index is 13.9. The van der Waals surface area contributed by atoms with Crippen LogP contribution >= 0.6 is 7.88 Å². The maximum absolute atomic E-state index is 13.9. The highest BCUT2D eigenvalue weighted by molar-refractivity contribution is 7.77. The largest absolute Gasteiger partial charge is 0.491 e. The van der Waals surface area contributed by atoms with E-state index >= 15 is 0 Å². The van der Waals surface area contributed by atoms with Crippen molar-refractivity contribution in [3.05, 3.63) is 0 Å². The minimum atomic E-state index is -4.54. The molecule has 0 N–H and O–H groups in total. The van der Waals surface area contributed by atoms with Gasteiger partial charge in [-0.15, -0.1) is 0 Å². The number of fused-ring (bicyclic) bond motifs is 1. The number of esters is 2. The third kappa shape index (κ3) is 0.967. The molecule has 2 atom stereocenters. The van der Waals surface area contributed by atoms with Gasteiger partial charge in [-0.3, -0.25) is 0 Å². The van der Waals surface area contributed by atoms with Crippen LogP contribution in [-0.4, -0.2) is 22.6 Å². The number of hydrogen-bond acceptors (Lipinski definition) is 4. The Balaban J connectivity index is 2.42. The lowest BCUT2D eigenvalue weighted by Gasteiger charge is -2.18. The van der Waals surface area contributed by atoms with Crippen LogP contribution in [0.5, 0.6) is 0 Å². The van der Waals surface area contributed by atoms with Crippen LogP contribution in [0.25, 0.3) is 0 Å². The van der Waals surface area contributed by atoms with E-state index in [1.54, 1.807) is 6.92 Å². The summed E-state index contributed by atoms with van der Waals surface area (Å²) in [7, 11) is -4.54. The molecule has 0 saturated carbocycles. The third-order valence-electron chi connectivity index (χ3n) is 3.23. The average molecular weight is 253 g/mol. The molecule has 2 unspecified atom stereocenters. The van der Waals surface area contributed by atoms with Crippen molar-refractivity contribution in [3.63, 3.8) is 0 Å².